The van der Waals surface area contributed by atoms with E-state index in [9.17, 15) is 18.0 Å². The fourth-order valence-electron chi connectivity index (χ4n) is 4.81. The average molecular weight is 564 g/mol. The lowest BCUT2D eigenvalue weighted by Crippen LogP contribution is -2.50. The minimum Gasteiger partial charge on any atom is -0.355 e. The van der Waals surface area contributed by atoms with Gasteiger partial charge in [-0.15, -0.1) is 0 Å². The number of hydrogen-bond acceptors (Lipinski definition) is 4. The maximum atomic E-state index is 13.9. The van der Waals surface area contributed by atoms with Crippen LogP contribution in [0.15, 0.2) is 72.8 Å². The maximum Gasteiger partial charge on any atom is 0.243 e. The van der Waals surface area contributed by atoms with Gasteiger partial charge in [0.1, 0.15) is 6.04 Å². The summed E-state index contributed by atoms with van der Waals surface area (Å²) in [5.41, 5.74) is 5.46. The summed E-state index contributed by atoms with van der Waals surface area (Å²) >= 11 is 0. The Morgan fingerprint density at radius 2 is 1.52 bits per heavy atom. The van der Waals surface area contributed by atoms with Crippen LogP contribution in [0.3, 0.4) is 0 Å². The maximum absolute atomic E-state index is 13.9. The molecule has 0 aromatic heterocycles. The van der Waals surface area contributed by atoms with Crippen molar-refractivity contribution in [2.45, 2.75) is 59.5 Å². The Labute approximate surface area is 239 Å². The molecule has 40 heavy (non-hydrogen) atoms. The highest BCUT2D eigenvalue weighted by Crippen LogP contribution is 2.26. The third kappa shape index (κ3) is 8.18. The average Bonchev–Trinajstić information content (AvgIpc) is 2.91. The van der Waals surface area contributed by atoms with Gasteiger partial charge in [-0.3, -0.25) is 13.9 Å². The molecule has 8 heteroatoms. The number of hydrogen-bond donors (Lipinski definition) is 1. The Hall–Kier alpha value is -3.65. The Kier molecular flexibility index (Phi) is 10.9. The molecule has 214 valence electrons. The number of aryl methyl sites for hydroxylation is 2. The molecule has 0 radical (unpaired) electrons. The Bertz CT molecular complexity index is 1410. The van der Waals surface area contributed by atoms with E-state index in [1.54, 1.807) is 11.0 Å². The van der Waals surface area contributed by atoms with Crippen LogP contribution >= 0.6 is 0 Å². The fraction of sp³-hybridized carbons (Fsp3) is 0.375. The molecule has 0 saturated carbocycles. The summed E-state index contributed by atoms with van der Waals surface area (Å²) < 4.78 is 26.8. The zero-order valence-electron chi connectivity index (χ0n) is 24.2. The minimum atomic E-state index is -3.56. The van der Waals surface area contributed by atoms with Gasteiger partial charge in [0, 0.05) is 32.5 Å². The molecule has 0 spiro atoms. The molecule has 2 amide bonds. The zero-order chi connectivity index (χ0) is 29.3. The predicted octanol–water partition coefficient (Wildman–Crippen LogP) is 4.93. The molecule has 0 aliphatic heterocycles. The van der Waals surface area contributed by atoms with Crippen LogP contribution < -0.4 is 9.62 Å². The number of nitrogens with zero attached hydrogens (tertiary/aromatic N) is 2. The molecule has 0 aliphatic carbocycles. The number of likely N-dealkylation sites (N-methyl/N-ethyl adjacent to an activating group) is 1. The van der Waals surface area contributed by atoms with Gasteiger partial charge in [-0.25, -0.2) is 8.42 Å². The second kappa shape index (κ2) is 14.1. The highest BCUT2D eigenvalue weighted by Gasteiger charge is 2.30. The van der Waals surface area contributed by atoms with Crippen LogP contribution in [-0.2, 0) is 32.6 Å². The number of sulfonamides is 1. The first-order chi connectivity index (χ1) is 19.0. The van der Waals surface area contributed by atoms with Crippen LogP contribution in [0.5, 0.6) is 0 Å². The standard InChI is InChI=1S/C32H41N3O4S/c1-6-33-32(37)30(22-27-16-8-7-9-17-27)34(23-28-18-11-10-14-25(28)3)31(36)20-13-21-35(40(5,38)39)29-19-12-15-24(2)26(29)4/h7-12,14-19,30H,6,13,20-23H2,1-5H3,(H,33,37)/t30-/m1/s1. The van der Waals surface area contributed by atoms with Gasteiger partial charge < -0.3 is 10.2 Å². The van der Waals surface area contributed by atoms with E-state index < -0.39 is 16.1 Å². The molecule has 0 aliphatic rings. The van der Waals surface area contributed by atoms with Gasteiger partial charge in [0.25, 0.3) is 0 Å². The van der Waals surface area contributed by atoms with Gasteiger partial charge in [0.2, 0.25) is 21.8 Å². The van der Waals surface area contributed by atoms with E-state index in [1.807, 2.05) is 94.4 Å². The Morgan fingerprint density at radius 1 is 0.875 bits per heavy atom. The highest BCUT2D eigenvalue weighted by atomic mass is 32.2. The molecule has 0 unspecified atom stereocenters. The smallest absolute Gasteiger partial charge is 0.243 e. The zero-order valence-corrected chi connectivity index (χ0v) is 25.0. The van der Waals surface area contributed by atoms with Crippen LogP contribution in [0.2, 0.25) is 0 Å². The lowest BCUT2D eigenvalue weighted by Gasteiger charge is -2.32. The van der Waals surface area contributed by atoms with Gasteiger partial charge in [-0.05, 0) is 68.0 Å². The van der Waals surface area contributed by atoms with Gasteiger partial charge in [0.15, 0.2) is 0 Å². The topological polar surface area (TPSA) is 86.8 Å². The molecule has 0 bridgehead atoms. The summed E-state index contributed by atoms with van der Waals surface area (Å²) in [7, 11) is -3.56. The Morgan fingerprint density at radius 3 is 2.17 bits per heavy atom. The number of anilines is 1. The summed E-state index contributed by atoms with van der Waals surface area (Å²) in [6.07, 6.45) is 1.98. The number of rotatable bonds is 13. The fourth-order valence-corrected chi connectivity index (χ4v) is 5.82. The summed E-state index contributed by atoms with van der Waals surface area (Å²) in [6.45, 7) is 8.60. The van der Waals surface area contributed by atoms with Gasteiger partial charge >= 0.3 is 0 Å². The molecular formula is C32H41N3O4S. The molecule has 1 N–H and O–H groups in total. The predicted molar refractivity (Wildman–Crippen MR) is 162 cm³/mol. The van der Waals surface area contributed by atoms with Gasteiger partial charge in [0.05, 0.1) is 11.9 Å². The normalized spacial score (nSPS) is 12.0. The molecule has 7 nitrogen and oxygen atoms in total. The van der Waals surface area contributed by atoms with Crippen molar-refractivity contribution in [3.05, 3.63) is 101 Å². The molecule has 0 saturated heterocycles. The third-order valence-corrected chi connectivity index (χ3v) is 8.40. The molecule has 3 aromatic rings. The molecule has 0 fully saturated rings. The lowest BCUT2D eigenvalue weighted by molar-refractivity contribution is -0.141. The Balaban J connectivity index is 1.89. The van der Waals surface area contributed by atoms with E-state index >= 15 is 0 Å². The van der Waals surface area contributed by atoms with E-state index in [0.29, 0.717) is 25.1 Å². The quantitative estimate of drug-likeness (QED) is 0.319. The van der Waals surface area contributed by atoms with Gasteiger partial charge in [-0.2, -0.15) is 0 Å². The first kappa shape index (κ1) is 30.9. The van der Waals surface area contributed by atoms with E-state index in [0.717, 1.165) is 27.8 Å². The SMILES string of the molecule is CCNC(=O)[C@@H](Cc1ccccc1)N(Cc1ccccc1C)C(=O)CCCN(c1cccc(C)c1C)S(C)(=O)=O. The lowest BCUT2D eigenvalue weighted by atomic mass is 10.0. The van der Waals surface area contributed by atoms with Crippen LogP contribution in [-0.4, -0.2) is 50.5 Å². The van der Waals surface area contributed by atoms with Crippen LogP contribution in [0.4, 0.5) is 5.69 Å². The first-order valence-corrected chi connectivity index (χ1v) is 15.6. The van der Waals surface area contributed by atoms with E-state index in [1.165, 1.54) is 10.6 Å². The minimum absolute atomic E-state index is 0.105. The summed E-state index contributed by atoms with van der Waals surface area (Å²) in [6, 6.07) is 22.4. The largest absolute Gasteiger partial charge is 0.355 e. The van der Waals surface area contributed by atoms with Crippen molar-refractivity contribution >= 4 is 27.5 Å². The van der Waals surface area contributed by atoms with E-state index in [4.69, 9.17) is 0 Å². The number of nitrogens with one attached hydrogen (secondary N) is 1. The summed E-state index contributed by atoms with van der Waals surface area (Å²) in [5, 5.41) is 2.91. The number of carbonyl (C=O) groups excluding carboxylic acids is 2. The van der Waals surface area contributed by atoms with E-state index in [-0.39, 0.29) is 31.3 Å². The molecule has 3 aromatic carbocycles. The van der Waals surface area contributed by atoms with Crippen molar-refractivity contribution in [2.75, 3.05) is 23.7 Å². The highest BCUT2D eigenvalue weighted by molar-refractivity contribution is 7.92. The third-order valence-electron chi connectivity index (χ3n) is 7.22. The summed E-state index contributed by atoms with van der Waals surface area (Å²) in [5.74, 6) is -0.397. The second-order valence-corrected chi connectivity index (χ2v) is 12.1. The van der Waals surface area contributed by atoms with Crippen molar-refractivity contribution in [1.29, 1.82) is 0 Å². The van der Waals surface area contributed by atoms with Crippen molar-refractivity contribution in [1.82, 2.24) is 10.2 Å². The van der Waals surface area contributed by atoms with Crippen LogP contribution in [0, 0.1) is 20.8 Å². The summed E-state index contributed by atoms with van der Waals surface area (Å²) in [4.78, 5) is 28.9. The van der Waals surface area contributed by atoms with Crippen LogP contribution in [0.25, 0.3) is 0 Å². The van der Waals surface area contributed by atoms with Gasteiger partial charge in [-0.1, -0.05) is 66.7 Å². The number of benzene rings is 3. The molecule has 0 heterocycles. The number of carbonyl (C=O) groups is 2. The number of amides is 2. The molecular weight excluding hydrogens is 522 g/mol. The molecule has 1 atom stereocenters. The van der Waals surface area contributed by atoms with Crippen molar-refractivity contribution < 1.29 is 18.0 Å². The molecule has 3 rings (SSSR count). The van der Waals surface area contributed by atoms with Crippen molar-refractivity contribution in [2.24, 2.45) is 0 Å². The monoisotopic (exact) mass is 563 g/mol. The van der Waals surface area contributed by atoms with Crippen LogP contribution in [0.1, 0.15) is 47.6 Å². The van der Waals surface area contributed by atoms with Crippen molar-refractivity contribution in [3.63, 3.8) is 0 Å². The van der Waals surface area contributed by atoms with Crippen molar-refractivity contribution in [3.8, 4) is 0 Å². The first-order valence-electron chi connectivity index (χ1n) is 13.7. The second-order valence-electron chi connectivity index (χ2n) is 10.2. The van der Waals surface area contributed by atoms with E-state index in [2.05, 4.69) is 5.32 Å².